The van der Waals surface area contributed by atoms with Crippen molar-refractivity contribution < 1.29 is 19.4 Å². The Morgan fingerprint density at radius 2 is 2.00 bits per heavy atom. The van der Waals surface area contributed by atoms with Crippen LogP contribution in [0.1, 0.15) is 28.5 Å². The van der Waals surface area contributed by atoms with Gasteiger partial charge in [0.15, 0.2) is 0 Å². The molecular formula is C24H26N4O4. The Morgan fingerprint density at radius 1 is 1.19 bits per heavy atom. The standard InChI is InChI=1S/C24H26N4O4/c1-4-31-24(30)23-17(3)28(21-8-6-5-7-16(21)2)22-10-9-19(13-20(22)23)32-15-18(29)14-27-12-11-25-26-27/h5-13,18,29H,4,14-15H2,1-3H3. The molecule has 1 unspecified atom stereocenters. The number of aromatic nitrogens is 4. The number of ether oxygens (including phenoxy) is 2. The maximum Gasteiger partial charge on any atom is 0.340 e. The van der Waals surface area contributed by atoms with Crippen molar-refractivity contribution >= 4 is 16.9 Å². The van der Waals surface area contributed by atoms with Crippen LogP contribution in [0, 0.1) is 13.8 Å². The van der Waals surface area contributed by atoms with Crippen LogP contribution in [0.3, 0.4) is 0 Å². The summed E-state index contributed by atoms with van der Waals surface area (Å²) in [4.78, 5) is 12.8. The number of benzene rings is 2. The molecule has 0 saturated carbocycles. The van der Waals surface area contributed by atoms with E-state index >= 15 is 0 Å². The molecular weight excluding hydrogens is 408 g/mol. The van der Waals surface area contributed by atoms with Crippen LogP contribution in [-0.2, 0) is 11.3 Å². The number of carbonyl (C=O) groups is 1. The first kappa shape index (κ1) is 21.6. The summed E-state index contributed by atoms with van der Waals surface area (Å²) in [6.07, 6.45) is 2.48. The fourth-order valence-corrected chi connectivity index (χ4v) is 3.86. The van der Waals surface area contributed by atoms with E-state index in [2.05, 4.69) is 14.9 Å². The summed E-state index contributed by atoms with van der Waals surface area (Å²) < 4.78 is 14.8. The molecule has 1 atom stereocenters. The Hall–Kier alpha value is -3.65. The molecule has 4 rings (SSSR count). The van der Waals surface area contributed by atoms with Gasteiger partial charge in [-0.05, 0) is 50.6 Å². The van der Waals surface area contributed by atoms with E-state index in [1.807, 2.05) is 56.3 Å². The zero-order valence-electron chi connectivity index (χ0n) is 18.4. The molecule has 2 aromatic carbocycles. The number of hydrogen-bond donors (Lipinski definition) is 1. The minimum absolute atomic E-state index is 0.0809. The zero-order chi connectivity index (χ0) is 22.7. The predicted molar refractivity (Wildman–Crippen MR) is 120 cm³/mol. The lowest BCUT2D eigenvalue weighted by Gasteiger charge is -2.13. The van der Waals surface area contributed by atoms with Crippen LogP contribution in [0.25, 0.3) is 16.6 Å². The molecule has 0 bridgehead atoms. The average Bonchev–Trinajstić information content (AvgIpc) is 3.38. The molecule has 0 aliphatic carbocycles. The third kappa shape index (κ3) is 4.22. The highest BCUT2D eigenvalue weighted by molar-refractivity contribution is 6.07. The second-order valence-electron chi connectivity index (χ2n) is 7.57. The van der Waals surface area contributed by atoms with Gasteiger partial charge in [0.1, 0.15) is 18.5 Å². The molecule has 0 spiro atoms. The Bertz CT molecular complexity index is 1230. The number of rotatable bonds is 8. The fraction of sp³-hybridized carbons (Fsp3) is 0.292. The van der Waals surface area contributed by atoms with Gasteiger partial charge in [0.25, 0.3) is 0 Å². The van der Waals surface area contributed by atoms with Gasteiger partial charge in [0.05, 0.1) is 30.4 Å². The number of nitrogens with zero attached hydrogens (tertiary/aromatic N) is 4. The van der Waals surface area contributed by atoms with Crippen LogP contribution in [0.15, 0.2) is 54.9 Å². The molecule has 1 N–H and O–H groups in total. The number of esters is 1. The van der Waals surface area contributed by atoms with Gasteiger partial charge in [-0.15, -0.1) is 5.10 Å². The summed E-state index contributed by atoms with van der Waals surface area (Å²) in [5.41, 5.74) is 4.30. The van der Waals surface area contributed by atoms with Gasteiger partial charge in [-0.2, -0.15) is 0 Å². The van der Waals surface area contributed by atoms with E-state index < -0.39 is 6.10 Å². The zero-order valence-corrected chi connectivity index (χ0v) is 18.4. The number of fused-ring (bicyclic) bond motifs is 1. The molecule has 0 radical (unpaired) electrons. The van der Waals surface area contributed by atoms with E-state index in [1.54, 1.807) is 24.0 Å². The van der Waals surface area contributed by atoms with Gasteiger partial charge in [-0.25, -0.2) is 9.48 Å². The van der Waals surface area contributed by atoms with Crippen molar-refractivity contribution in [3.63, 3.8) is 0 Å². The number of aliphatic hydroxyl groups excluding tert-OH is 1. The second-order valence-corrected chi connectivity index (χ2v) is 7.57. The van der Waals surface area contributed by atoms with Gasteiger partial charge in [0.2, 0.25) is 0 Å². The Morgan fingerprint density at radius 3 is 2.72 bits per heavy atom. The van der Waals surface area contributed by atoms with Gasteiger partial charge in [-0.3, -0.25) is 0 Å². The molecule has 0 fully saturated rings. The summed E-state index contributed by atoms with van der Waals surface area (Å²) in [7, 11) is 0. The normalized spacial score (nSPS) is 12.1. The summed E-state index contributed by atoms with van der Waals surface area (Å²) in [6, 6.07) is 13.6. The number of para-hydroxylation sites is 1. The van der Waals surface area contributed by atoms with Gasteiger partial charge in [-0.1, -0.05) is 23.4 Å². The van der Waals surface area contributed by atoms with E-state index in [-0.39, 0.29) is 19.1 Å². The molecule has 0 aliphatic rings. The average molecular weight is 434 g/mol. The van der Waals surface area contributed by atoms with Crippen molar-refractivity contribution in [1.29, 1.82) is 0 Å². The highest BCUT2D eigenvalue weighted by Gasteiger charge is 2.23. The topological polar surface area (TPSA) is 91.4 Å². The van der Waals surface area contributed by atoms with Crippen LogP contribution in [-0.4, -0.2) is 50.0 Å². The SMILES string of the molecule is CCOC(=O)c1c(C)n(-c2ccccc2C)c2ccc(OCC(O)Cn3ccnn3)cc12. The molecule has 2 heterocycles. The lowest BCUT2D eigenvalue weighted by atomic mass is 10.1. The summed E-state index contributed by atoms with van der Waals surface area (Å²) >= 11 is 0. The highest BCUT2D eigenvalue weighted by Crippen LogP contribution is 2.33. The van der Waals surface area contributed by atoms with E-state index in [1.165, 1.54) is 0 Å². The van der Waals surface area contributed by atoms with Gasteiger partial charge in [0, 0.05) is 23.0 Å². The third-order valence-electron chi connectivity index (χ3n) is 5.32. The number of aryl methyl sites for hydroxylation is 1. The quantitative estimate of drug-likeness (QED) is 0.427. The Labute approximate surface area is 186 Å². The second kappa shape index (κ2) is 9.23. The highest BCUT2D eigenvalue weighted by atomic mass is 16.5. The Balaban J connectivity index is 1.70. The molecule has 0 saturated heterocycles. The molecule has 0 amide bonds. The van der Waals surface area contributed by atoms with E-state index in [0.717, 1.165) is 27.8 Å². The lowest BCUT2D eigenvalue weighted by Crippen LogP contribution is -2.23. The molecule has 4 aromatic rings. The van der Waals surface area contributed by atoms with Gasteiger partial charge < -0.3 is 19.1 Å². The molecule has 8 heteroatoms. The van der Waals surface area contributed by atoms with E-state index in [4.69, 9.17) is 9.47 Å². The lowest BCUT2D eigenvalue weighted by molar-refractivity contribution is 0.0527. The summed E-state index contributed by atoms with van der Waals surface area (Å²) in [5, 5.41) is 18.6. The van der Waals surface area contributed by atoms with Crippen molar-refractivity contribution in [2.24, 2.45) is 0 Å². The van der Waals surface area contributed by atoms with Crippen molar-refractivity contribution in [3.05, 3.63) is 71.7 Å². The van der Waals surface area contributed by atoms with Crippen LogP contribution in [0.2, 0.25) is 0 Å². The van der Waals surface area contributed by atoms with Crippen molar-refractivity contribution in [1.82, 2.24) is 19.6 Å². The maximum absolute atomic E-state index is 12.8. The van der Waals surface area contributed by atoms with Crippen LogP contribution in [0.4, 0.5) is 0 Å². The smallest absolute Gasteiger partial charge is 0.340 e. The predicted octanol–water partition coefficient (Wildman–Crippen LogP) is 3.46. The largest absolute Gasteiger partial charge is 0.491 e. The van der Waals surface area contributed by atoms with Crippen molar-refractivity contribution in [2.45, 2.75) is 33.4 Å². The summed E-state index contributed by atoms with van der Waals surface area (Å²) in [6.45, 7) is 6.40. The number of carbonyl (C=O) groups excluding carboxylic acids is 1. The Kier molecular flexibility index (Phi) is 6.23. The van der Waals surface area contributed by atoms with Gasteiger partial charge >= 0.3 is 5.97 Å². The third-order valence-corrected chi connectivity index (χ3v) is 5.32. The monoisotopic (exact) mass is 434 g/mol. The van der Waals surface area contributed by atoms with E-state index in [0.29, 0.717) is 17.9 Å². The van der Waals surface area contributed by atoms with Crippen molar-refractivity contribution in [2.75, 3.05) is 13.2 Å². The van der Waals surface area contributed by atoms with E-state index in [9.17, 15) is 9.90 Å². The maximum atomic E-state index is 12.8. The minimum Gasteiger partial charge on any atom is -0.491 e. The van der Waals surface area contributed by atoms with Crippen LogP contribution in [0.5, 0.6) is 5.75 Å². The first-order chi connectivity index (χ1) is 15.5. The number of aliphatic hydroxyl groups is 1. The first-order valence-electron chi connectivity index (χ1n) is 10.5. The van der Waals surface area contributed by atoms with Crippen LogP contribution < -0.4 is 4.74 Å². The van der Waals surface area contributed by atoms with Crippen LogP contribution >= 0.6 is 0 Å². The molecule has 32 heavy (non-hydrogen) atoms. The number of hydrogen-bond acceptors (Lipinski definition) is 6. The minimum atomic E-state index is -0.754. The first-order valence-corrected chi connectivity index (χ1v) is 10.5. The molecule has 0 aliphatic heterocycles. The molecule has 8 nitrogen and oxygen atoms in total. The molecule has 2 aromatic heterocycles. The molecule has 166 valence electrons. The van der Waals surface area contributed by atoms with Crippen molar-refractivity contribution in [3.8, 4) is 11.4 Å². The summed E-state index contributed by atoms with van der Waals surface area (Å²) in [5.74, 6) is 0.188. The fourth-order valence-electron chi connectivity index (χ4n) is 3.86.